The van der Waals surface area contributed by atoms with Crippen molar-refractivity contribution in [2.45, 2.75) is 38.8 Å². The van der Waals surface area contributed by atoms with Gasteiger partial charge in [0.1, 0.15) is 0 Å². The fraction of sp³-hybridized carbons (Fsp3) is 0.429. The zero-order chi connectivity index (χ0) is 19.2. The molecule has 0 aliphatic carbocycles. The molecule has 0 amide bonds. The standard InChI is InChI=1S/C21H27N3O3/c1-14-10-19(23-8-6-17(7-9-23)21(25,26)27)4-5-20(14)24-12-15-2-3-18(22)11-16(15)13-24/h2-5,10-11,17,25-27H,6-9,12-13,22H2,1H3. The van der Waals surface area contributed by atoms with Gasteiger partial charge in [0.15, 0.2) is 0 Å². The van der Waals surface area contributed by atoms with Crippen LogP contribution >= 0.6 is 0 Å². The van der Waals surface area contributed by atoms with Crippen molar-refractivity contribution in [2.75, 3.05) is 28.6 Å². The summed E-state index contributed by atoms with van der Waals surface area (Å²) in [6.45, 7) is 5.29. The summed E-state index contributed by atoms with van der Waals surface area (Å²) in [5.41, 5.74) is 12.9. The van der Waals surface area contributed by atoms with E-state index in [0.29, 0.717) is 25.9 Å². The Labute approximate surface area is 159 Å². The maximum atomic E-state index is 9.37. The average Bonchev–Trinajstić information content (AvgIpc) is 3.03. The lowest BCUT2D eigenvalue weighted by Crippen LogP contribution is -2.45. The van der Waals surface area contributed by atoms with Gasteiger partial charge in [0, 0.05) is 49.2 Å². The van der Waals surface area contributed by atoms with Gasteiger partial charge in [-0.25, -0.2) is 0 Å². The summed E-state index contributed by atoms with van der Waals surface area (Å²) < 4.78 is 0. The maximum absolute atomic E-state index is 9.37. The van der Waals surface area contributed by atoms with Crippen molar-refractivity contribution in [1.29, 1.82) is 0 Å². The first-order chi connectivity index (χ1) is 12.8. The van der Waals surface area contributed by atoms with E-state index in [4.69, 9.17) is 5.73 Å². The fourth-order valence-electron chi connectivity index (χ4n) is 4.30. The highest BCUT2D eigenvalue weighted by atomic mass is 16.7. The number of hydrogen-bond donors (Lipinski definition) is 4. The van der Waals surface area contributed by atoms with Gasteiger partial charge in [0.25, 0.3) is 5.97 Å². The van der Waals surface area contributed by atoms with Crippen LogP contribution in [0.4, 0.5) is 17.1 Å². The summed E-state index contributed by atoms with van der Waals surface area (Å²) in [5, 5.41) is 28.1. The van der Waals surface area contributed by atoms with Crippen molar-refractivity contribution in [2.24, 2.45) is 5.92 Å². The number of rotatable bonds is 3. The molecule has 2 aromatic rings. The van der Waals surface area contributed by atoms with Gasteiger partial charge in [-0.05, 0) is 66.8 Å². The largest absolute Gasteiger partial charge is 0.399 e. The van der Waals surface area contributed by atoms with Crippen LogP contribution in [0.3, 0.4) is 0 Å². The zero-order valence-electron chi connectivity index (χ0n) is 15.6. The number of piperidine rings is 1. The van der Waals surface area contributed by atoms with Crippen molar-refractivity contribution < 1.29 is 15.3 Å². The van der Waals surface area contributed by atoms with Crippen LogP contribution in [0.15, 0.2) is 36.4 Å². The molecule has 6 nitrogen and oxygen atoms in total. The summed E-state index contributed by atoms with van der Waals surface area (Å²) >= 11 is 0. The number of hydrogen-bond acceptors (Lipinski definition) is 6. The molecule has 0 bridgehead atoms. The lowest BCUT2D eigenvalue weighted by atomic mass is 9.94. The number of nitrogens with zero attached hydrogens (tertiary/aromatic N) is 2. The van der Waals surface area contributed by atoms with Crippen LogP contribution in [-0.4, -0.2) is 34.4 Å². The minimum atomic E-state index is -2.57. The van der Waals surface area contributed by atoms with E-state index in [1.807, 2.05) is 6.07 Å². The summed E-state index contributed by atoms with van der Waals surface area (Å²) in [6.07, 6.45) is 1.10. The highest BCUT2D eigenvalue weighted by Crippen LogP contribution is 2.34. The summed E-state index contributed by atoms with van der Waals surface area (Å²) in [7, 11) is 0. The van der Waals surface area contributed by atoms with Crippen LogP contribution in [0.25, 0.3) is 0 Å². The molecule has 2 aliphatic rings. The SMILES string of the molecule is Cc1cc(N2CCC(C(O)(O)O)CC2)ccc1N1Cc2ccc(N)cc2C1. The van der Waals surface area contributed by atoms with E-state index in [2.05, 4.69) is 47.1 Å². The molecule has 0 spiro atoms. The van der Waals surface area contributed by atoms with Crippen LogP contribution < -0.4 is 15.5 Å². The topological polar surface area (TPSA) is 93.2 Å². The first-order valence-corrected chi connectivity index (χ1v) is 9.46. The number of nitrogens with two attached hydrogens (primary N) is 1. The molecular formula is C21H27N3O3. The Morgan fingerprint density at radius 3 is 2.30 bits per heavy atom. The predicted octanol–water partition coefficient (Wildman–Crippen LogP) is 1.94. The second-order valence-electron chi connectivity index (χ2n) is 7.80. The molecule has 5 N–H and O–H groups in total. The lowest BCUT2D eigenvalue weighted by molar-refractivity contribution is -0.344. The number of aryl methyl sites for hydroxylation is 1. The molecule has 0 atom stereocenters. The highest BCUT2D eigenvalue weighted by molar-refractivity contribution is 5.64. The second kappa shape index (κ2) is 6.71. The third-order valence-corrected chi connectivity index (χ3v) is 5.88. The van der Waals surface area contributed by atoms with E-state index in [1.54, 1.807) is 0 Å². The van der Waals surface area contributed by atoms with Gasteiger partial charge in [0.2, 0.25) is 0 Å². The first kappa shape index (κ1) is 18.1. The molecule has 0 unspecified atom stereocenters. The van der Waals surface area contributed by atoms with Crippen LogP contribution in [0.2, 0.25) is 0 Å². The van der Waals surface area contributed by atoms with Crippen molar-refractivity contribution >= 4 is 17.1 Å². The Morgan fingerprint density at radius 1 is 0.926 bits per heavy atom. The Hall–Kier alpha value is -2.28. The number of aliphatic hydroxyl groups is 3. The number of fused-ring (bicyclic) bond motifs is 1. The molecule has 2 aromatic carbocycles. The van der Waals surface area contributed by atoms with Gasteiger partial charge in [-0.2, -0.15) is 0 Å². The van der Waals surface area contributed by atoms with Crippen LogP contribution in [-0.2, 0) is 13.1 Å². The average molecular weight is 369 g/mol. The Bertz CT molecular complexity index is 839. The Balaban J connectivity index is 1.46. The lowest BCUT2D eigenvalue weighted by Gasteiger charge is -2.37. The number of nitrogen functional groups attached to an aromatic ring is 1. The minimum absolute atomic E-state index is 0.496. The van der Waals surface area contributed by atoms with Crippen LogP contribution in [0, 0.1) is 12.8 Å². The maximum Gasteiger partial charge on any atom is 0.278 e. The van der Waals surface area contributed by atoms with Gasteiger partial charge in [-0.15, -0.1) is 0 Å². The monoisotopic (exact) mass is 369 g/mol. The molecule has 4 rings (SSSR count). The van der Waals surface area contributed by atoms with Crippen molar-refractivity contribution in [1.82, 2.24) is 0 Å². The summed E-state index contributed by atoms with van der Waals surface area (Å²) in [6, 6.07) is 12.6. The van der Waals surface area contributed by atoms with E-state index >= 15 is 0 Å². The van der Waals surface area contributed by atoms with E-state index in [0.717, 1.165) is 24.5 Å². The van der Waals surface area contributed by atoms with Gasteiger partial charge >= 0.3 is 0 Å². The van der Waals surface area contributed by atoms with Crippen molar-refractivity contribution in [3.05, 3.63) is 53.1 Å². The van der Waals surface area contributed by atoms with Crippen LogP contribution in [0.5, 0.6) is 0 Å². The van der Waals surface area contributed by atoms with Gasteiger partial charge < -0.3 is 30.9 Å². The molecule has 1 fully saturated rings. The first-order valence-electron chi connectivity index (χ1n) is 9.46. The number of benzene rings is 2. The van der Waals surface area contributed by atoms with Gasteiger partial charge in [-0.1, -0.05) is 6.07 Å². The molecule has 6 heteroatoms. The third-order valence-electron chi connectivity index (χ3n) is 5.88. The molecule has 0 saturated carbocycles. The fourth-order valence-corrected chi connectivity index (χ4v) is 4.30. The summed E-state index contributed by atoms with van der Waals surface area (Å²) in [4.78, 5) is 4.60. The van der Waals surface area contributed by atoms with Crippen molar-refractivity contribution in [3.63, 3.8) is 0 Å². The molecular weight excluding hydrogens is 342 g/mol. The Morgan fingerprint density at radius 2 is 1.63 bits per heavy atom. The minimum Gasteiger partial charge on any atom is -0.399 e. The molecule has 1 saturated heterocycles. The van der Waals surface area contributed by atoms with Crippen molar-refractivity contribution in [3.8, 4) is 0 Å². The van der Waals surface area contributed by atoms with Gasteiger partial charge in [-0.3, -0.25) is 0 Å². The normalized spacial score (nSPS) is 18.1. The summed E-state index contributed by atoms with van der Waals surface area (Å²) in [5.74, 6) is -3.07. The third kappa shape index (κ3) is 3.60. The number of anilines is 3. The zero-order valence-corrected chi connectivity index (χ0v) is 15.6. The molecule has 144 valence electrons. The molecule has 27 heavy (non-hydrogen) atoms. The molecule has 0 aromatic heterocycles. The Kier molecular flexibility index (Phi) is 4.50. The van der Waals surface area contributed by atoms with Crippen LogP contribution in [0.1, 0.15) is 29.5 Å². The van der Waals surface area contributed by atoms with Gasteiger partial charge in [0.05, 0.1) is 0 Å². The van der Waals surface area contributed by atoms with E-state index in [1.165, 1.54) is 22.4 Å². The highest BCUT2D eigenvalue weighted by Gasteiger charge is 2.35. The molecule has 0 radical (unpaired) electrons. The second-order valence-corrected chi connectivity index (χ2v) is 7.80. The van der Waals surface area contributed by atoms with E-state index in [-0.39, 0.29) is 0 Å². The predicted molar refractivity (Wildman–Crippen MR) is 106 cm³/mol. The molecule has 2 aliphatic heterocycles. The van der Waals surface area contributed by atoms with E-state index in [9.17, 15) is 15.3 Å². The van der Waals surface area contributed by atoms with E-state index < -0.39 is 11.9 Å². The quantitative estimate of drug-likeness (QED) is 0.488. The smallest absolute Gasteiger partial charge is 0.278 e. The molecule has 2 heterocycles.